The molecule has 0 atom stereocenters. The van der Waals surface area contributed by atoms with Crippen LogP contribution in [-0.4, -0.2) is 28.2 Å². The summed E-state index contributed by atoms with van der Waals surface area (Å²) in [4.78, 5) is 4.80. The number of fused-ring (bicyclic) bond motifs is 3. The molecule has 2 heterocycles. The molecule has 7 nitrogen and oxygen atoms in total. The maximum Gasteiger partial charge on any atom is 0.229 e. The Morgan fingerprint density at radius 2 is 1.67 bits per heavy atom. The van der Waals surface area contributed by atoms with Crippen molar-refractivity contribution in [2.45, 2.75) is 30.7 Å². The molecular weight excluding hydrogens is 458 g/mol. The number of halogens is 1. The Kier molecular flexibility index (Phi) is 5.07. The van der Waals surface area contributed by atoms with Gasteiger partial charge in [0.15, 0.2) is 5.65 Å². The summed E-state index contributed by atoms with van der Waals surface area (Å²) >= 11 is 6.29. The first kappa shape index (κ1) is 21.4. The first-order chi connectivity index (χ1) is 15.8. The molecule has 0 amide bonds. The number of rotatable bonds is 4. The van der Waals surface area contributed by atoms with Crippen molar-refractivity contribution in [3.8, 4) is 0 Å². The number of benzene rings is 3. The lowest BCUT2D eigenvalue weighted by Gasteiger charge is -2.11. The van der Waals surface area contributed by atoms with Crippen LogP contribution in [0.4, 0.5) is 11.5 Å². The summed E-state index contributed by atoms with van der Waals surface area (Å²) in [5.74, 6) is 0.483. The lowest BCUT2D eigenvalue weighted by Crippen LogP contribution is -2.06. The minimum Gasteiger partial charge on any atom is -0.340 e. The van der Waals surface area contributed by atoms with Crippen LogP contribution in [0.5, 0.6) is 0 Å². The van der Waals surface area contributed by atoms with Crippen LogP contribution in [0, 0.1) is 20.8 Å². The van der Waals surface area contributed by atoms with Crippen LogP contribution >= 0.6 is 11.6 Å². The van der Waals surface area contributed by atoms with Gasteiger partial charge >= 0.3 is 0 Å². The van der Waals surface area contributed by atoms with Gasteiger partial charge in [0.25, 0.3) is 0 Å². The van der Waals surface area contributed by atoms with E-state index in [9.17, 15) is 8.42 Å². The van der Waals surface area contributed by atoms with Gasteiger partial charge in [0, 0.05) is 16.1 Å². The fraction of sp³-hybridized carbons (Fsp3) is 0.125. The van der Waals surface area contributed by atoms with Gasteiger partial charge in [0.05, 0.1) is 10.4 Å². The highest BCUT2D eigenvalue weighted by molar-refractivity contribution is 7.91. The molecule has 0 aliphatic heterocycles. The number of aryl methyl sites for hydroxylation is 3. The van der Waals surface area contributed by atoms with E-state index in [1.165, 1.54) is 4.52 Å². The normalized spacial score (nSPS) is 11.9. The third kappa shape index (κ3) is 3.61. The third-order valence-corrected chi connectivity index (χ3v) is 7.75. The molecule has 9 heteroatoms. The van der Waals surface area contributed by atoms with E-state index in [2.05, 4.69) is 20.6 Å². The van der Waals surface area contributed by atoms with Crippen molar-refractivity contribution in [2.75, 3.05) is 5.32 Å². The van der Waals surface area contributed by atoms with Gasteiger partial charge in [-0.1, -0.05) is 41.1 Å². The zero-order chi connectivity index (χ0) is 23.3. The second kappa shape index (κ2) is 7.83. The molecule has 0 spiro atoms. The molecule has 33 heavy (non-hydrogen) atoms. The molecule has 0 radical (unpaired) electrons. The second-order valence-electron chi connectivity index (χ2n) is 7.95. The van der Waals surface area contributed by atoms with Crippen LogP contribution in [0.1, 0.15) is 16.7 Å². The van der Waals surface area contributed by atoms with E-state index in [0.29, 0.717) is 16.4 Å². The molecule has 3 aromatic carbocycles. The highest BCUT2D eigenvalue weighted by Gasteiger charge is 2.27. The largest absolute Gasteiger partial charge is 0.340 e. The molecule has 0 unspecified atom stereocenters. The molecule has 1 N–H and O–H groups in total. The quantitative estimate of drug-likeness (QED) is 0.371. The number of sulfone groups is 1. The summed E-state index contributed by atoms with van der Waals surface area (Å²) in [5.41, 5.74) is 4.40. The van der Waals surface area contributed by atoms with Gasteiger partial charge in [-0.05, 0) is 73.9 Å². The fourth-order valence-electron chi connectivity index (χ4n) is 3.61. The maximum absolute atomic E-state index is 13.5. The molecule has 0 aliphatic rings. The van der Waals surface area contributed by atoms with E-state index in [1.54, 1.807) is 24.3 Å². The molecule has 0 fully saturated rings. The smallest absolute Gasteiger partial charge is 0.229 e. The van der Waals surface area contributed by atoms with E-state index in [-0.39, 0.29) is 15.6 Å². The minimum atomic E-state index is -3.94. The predicted octanol–water partition coefficient (Wildman–Crippen LogP) is 5.43. The van der Waals surface area contributed by atoms with E-state index >= 15 is 0 Å². The van der Waals surface area contributed by atoms with Crippen molar-refractivity contribution < 1.29 is 8.42 Å². The first-order valence-corrected chi connectivity index (χ1v) is 12.1. The molecule has 5 rings (SSSR count). The van der Waals surface area contributed by atoms with E-state index in [0.717, 1.165) is 27.8 Å². The molecule has 0 saturated heterocycles. The van der Waals surface area contributed by atoms with Crippen molar-refractivity contribution in [3.63, 3.8) is 0 Å². The van der Waals surface area contributed by atoms with Gasteiger partial charge in [-0.3, -0.25) is 0 Å². The summed E-state index contributed by atoms with van der Waals surface area (Å²) in [7, 11) is -3.94. The highest BCUT2D eigenvalue weighted by Crippen LogP contribution is 2.31. The molecule has 2 aromatic heterocycles. The minimum absolute atomic E-state index is 0.146. The van der Waals surface area contributed by atoms with Gasteiger partial charge in [-0.2, -0.15) is 4.52 Å². The third-order valence-electron chi connectivity index (χ3n) is 5.70. The summed E-state index contributed by atoms with van der Waals surface area (Å²) in [6.07, 6.45) is 0. The van der Waals surface area contributed by atoms with Gasteiger partial charge in [0.1, 0.15) is 5.82 Å². The Bertz CT molecular complexity index is 1660. The number of aromatic nitrogens is 4. The Labute approximate surface area is 196 Å². The molecule has 0 bridgehead atoms. The first-order valence-electron chi connectivity index (χ1n) is 10.3. The fourth-order valence-corrected chi connectivity index (χ4v) is 5.11. The zero-order valence-corrected chi connectivity index (χ0v) is 19.7. The van der Waals surface area contributed by atoms with Crippen molar-refractivity contribution in [1.29, 1.82) is 0 Å². The summed E-state index contributed by atoms with van der Waals surface area (Å²) < 4.78 is 28.4. The lowest BCUT2D eigenvalue weighted by molar-refractivity contribution is 0.592. The van der Waals surface area contributed by atoms with Gasteiger partial charge in [-0.25, -0.2) is 13.4 Å². The zero-order valence-electron chi connectivity index (χ0n) is 18.2. The predicted molar refractivity (Wildman–Crippen MR) is 129 cm³/mol. The van der Waals surface area contributed by atoms with E-state index < -0.39 is 9.84 Å². The summed E-state index contributed by atoms with van der Waals surface area (Å²) in [6, 6.07) is 18.1. The average Bonchev–Trinajstić information content (AvgIpc) is 3.23. The number of nitrogens with zero attached hydrogens (tertiary/aromatic N) is 4. The van der Waals surface area contributed by atoms with Crippen LogP contribution in [0.3, 0.4) is 0 Å². The Morgan fingerprint density at radius 1 is 0.909 bits per heavy atom. The maximum atomic E-state index is 13.5. The SMILES string of the molecule is Cc1ccc(S(=O)(=O)c2nnn3c2nc(Nc2ccc(C)c(Cl)c2)c2ccccc23)cc1C. The Morgan fingerprint density at radius 3 is 2.42 bits per heavy atom. The van der Waals surface area contributed by atoms with Crippen LogP contribution in [0.25, 0.3) is 16.6 Å². The van der Waals surface area contributed by atoms with Crippen LogP contribution < -0.4 is 5.32 Å². The average molecular weight is 478 g/mol. The molecular formula is C24H20ClN5O2S. The summed E-state index contributed by atoms with van der Waals surface area (Å²) in [6.45, 7) is 5.73. The summed E-state index contributed by atoms with van der Waals surface area (Å²) in [5, 5.41) is 12.6. The van der Waals surface area contributed by atoms with Crippen molar-refractivity contribution in [3.05, 3.63) is 82.4 Å². The topological polar surface area (TPSA) is 89.2 Å². The van der Waals surface area contributed by atoms with Gasteiger partial charge in [-0.15, -0.1) is 5.10 Å². The van der Waals surface area contributed by atoms with Gasteiger partial charge in [0.2, 0.25) is 14.9 Å². The van der Waals surface area contributed by atoms with E-state index in [1.807, 2.05) is 57.2 Å². The Balaban J connectivity index is 1.73. The molecule has 0 aliphatic carbocycles. The van der Waals surface area contributed by atoms with Crippen LogP contribution in [-0.2, 0) is 9.84 Å². The van der Waals surface area contributed by atoms with Crippen LogP contribution in [0.2, 0.25) is 5.02 Å². The number of nitrogens with one attached hydrogen (secondary N) is 1. The number of para-hydroxylation sites is 1. The molecule has 0 saturated carbocycles. The molecule has 5 aromatic rings. The lowest BCUT2D eigenvalue weighted by atomic mass is 10.1. The number of hydrogen-bond acceptors (Lipinski definition) is 6. The standard InChI is InChI=1S/C24H20ClN5O2S/c1-14-9-11-18(12-16(14)3)33(31,32)24-23-27-22(26-17-10-8-15(2)20(25)13-17)19-6-4-5-7-21(19)30(23)29-28-24/h4-13H,1-3H3,(H,26,27). The number of anilines is 2. The molecule has 166 valence electrons. The van der Waals surface area contributed by atoms with Crippen molar-refractivity contribution in [2.24, 2.45) is 0 Å². The van der Waals surface area contributed by atoms with E-state index in [4.69, 9.17) is 11.6 Å². The second-order valence-corrected chi connectivity index (χ2v) is 10.2. The van der Waals surface area contributed by atoms with Crippen LogP contribution in [0.15, 0.2) is 70.6 Å². The van der Waals surface area contributed by atoms with Crippen molar-refractivity contribution in [1.82, 2.24) is 19.8 Å². The number of hydrogen-bond donors (Lipinski definition) is 1. The Hall–Kier alpha value is -3.49. The monoisotopic (exact) mass is 477 g/mol. The van der Waals surface area contributed by atoms with Gasteiger partial charge < -0.3 is 5.32 Å². The highest BCUT2D eigenvalue weighted by atomic mass is 35.5. The van der Waals surface area contributed by atoms with Crippen molar-refractivity contribution >= 4 is 49.5 Å².